The number of carbonyl (C=O) groups excluding carboxylic acids is 2. The van der Waals surface area contributed by atoms with Crippen LogP contribution in [0.5, 0.6) is 0 Å². The summed E-state index contributed by atoms with van der Waals surface area (Å²) in [5.74, 6) is 2.73. The number of rotatable bonds is 8. The molecule has 2 saturated carbocycles. The second kappa shape index (κ2) is 9.43. The number of aromatic nitrogens is 3. The second-order valence-electron chi connectivity index (χ2n) is 10.7. The minimum absolute atomic E-state index is 0.0575. The number of nitrogens with zero attached hydrogens (tertiary/aromatic N) is 4. The number of hydrogen-bond acceptors (Lipinski definition) is 6. The Labute approximate surface area is 201 Å². The molecule has 2 aromatic rings. The molecule has 2 heterocycles. The van der Waals surface area contributed by atoms with E-state index in [0.29, 0.717) is 42.5 Å². The van der Waals surface area contributed by atoms with Gasteiger partial charge in [0.05, 0.1) is 0 Å². The van der Waals surface area contributed by atoms with Gasteiger partial charge in [-0.3, -0.25) is 19.5 Å². The van der Waals surface area contributed by atoms with Gasteiger partial charge in [0.25, 0.3) is 0 Å². The molecular formula is C27H34N4O3. The first-order chi connectivity index (χ1) is 16.4. The molecule has 7 nitrogen and oxygen atoms in total. The van der Waals surface area contributed by atoms with Gasteiger partial charge in [-0.1, -0.05) is 25.5 Å². The first kappa shape index (κ1) is 22.9. The summed E-state index contributed by atoms with van der Waals surface area (Å²) < 4.78 is 5.96. The van der Waals surface area contributed by atoms with E-state index in [1.165, 1.54) is 5.57 Å². The summed E-state index contributed by atoms with van der Waals surface area (Å²) in [5.41, 5.74) is 2.15. The van der Waals surface area contributed by atoms with Crippen LogP contribution < -0.4 is 0 Å². The van der Waals surface area contributed by atoms with Crippen LogP contribution in [0.3, 0.4) is 0 Å². The minimum Gasteiger partial charge on any atom is -0.421 e. The van der Waals surface area contributed by atoms with Crippen LogP contribution in [0, 0.1) is 35.5 Å². The van der Waals surface area contributed by atoms with E-state index in [1.807, 2.05) is 12.1 Å². The van der Waals surface area contributed by atoms with Crippen molar-refractivity contribution >= 4 is 11.8 Å². The van der Waals surface area contributed by atoms with E-state index < -0.39 is 0 Å². The van der Waals surface area contributed by atoms with E-state index in [2.05, 4.69) is 42.0 Å². The zero-order valence-electron chi connectivity index (χ0n) is 20.3. The van der Waals surface area contributed by atoms with Gasteiger partial charge in [0.1, 0.15) is 0 Å². The van der Waals surface area contributed by atoms with Gasteiger partial charge in [-0.25, -0.2) is 0 Å². The average Bonchev–Trinajstić information content (AvgIpc) is 3.76. The summed E-state index contributed by atoms with van der Waals surface area (Å²) in [6.07, 6.45) is 11.1. The molecule has 34 heavy (non-hydrogen) atoms. The Morgan fingerprint density at radius 1 is 1.06 bits per heavy atom. The molecule has 0 saturated heterocycles. The first-order valence-corrected chi connectivity index (χ1v) is 12.7. The lowest BCUT2D eigenvalue weighted by molar-refractivity contribution is -0.147. The van der Waals surface area contributed by atoms with Crippen molar-refractivity contribution < 1.29 is 14.0 Å². The number of allylic oxidation sites excluding steroid dienone is 1. The molecule has 0 aromatic carbocycles. The quantitative estimate of drug-likeness (QED) is 0.417. The highest BCUT2D eigenvalue weighted by atomic mass is 16.4. The summed E-state index contributed by atoms with van der Waals surface area (Å²) in [6, 6.07) is 3.72. The third-order valence-corrected chi connectivity index (χ3v) is 7.68. The molecular weight excluding hydrogens is 428 g/mol. The molecule has 7 heteroatoms. The lowest BCUT2D eigenvalue weighted by atomic mass is 9.69. The third kappa shape index (κ3) is 4.98. The average molecular weight is 463 g/mol. The van der Waals surface area contributed by atoms with E-state index in [-0.39, 0.29) is 29.6 Å². The zero-order chi connectivity index (χ0) is 23.8. The predicted molar refractivity (Wildman–Crippen MR) is 127 cm³/mol. The summed E-state index contributed by atoms with van der Waals surface area (Å²) in [7, 11) is 0. The lowest BCUT2D eigenvalue weighted by Gasteiger charge is -2.39. The molecule has 0 aliphatic heterocycles. The molecule has 2 aromatic heterocycles. The zero-order valence-corrected chi connectivity index (χ0v) is 20.3. The molecule has 0 spiro atoms. The molecule has 2 amide bonds. The maximum Gasteiger partial charge on any atom is 0.247 e. The van der Waals surface area contributed by atoms with Crippen LogP contribution >= 0.6 is 0 Å². The Morgan fingerprint density at radius 2 is 1.71 bits per heavy atom. The van der Waals surface area contributed by atoms with Gasteiger partial charge in [0, 0.05) is 42.8 Å². The molecule has 3 aliphatic carbocycles. The molecule has 180 valence electrons. The van der Waals surface area contributed by atoms with Crippen molar-refractivity contribution in [1.82, 2.24) is 20.1 Å². The first-order valence-electron chi connectivity index (χ1n) is 12.7. The standard InChI is InChI=1S/C27H34N4O3/c1-16(2)23-13-21(14-24-29-30-25(34-24)18-8-10-28-11-9-18)17(3)12-22(23)15-31(26(32)19-4-5-19)27(33)20-6-7-20/h8-12,16,19-23H,4-7,13-15H2,1-3H3/t21-,22-,23-/m0/s1. The van der Waals surface area contributed by atoms with E-state index in [9.17, 15) is 9.59 Å². The fourth-order valence-electron chi connectivity index (χ4n) is 5.24. The summed E-state index contributed by atoms with van der Waals surface area (Å²) in [5, 5.41) is 8.52. The fraction of sp³-hybridized carbons (Fsp3) is 0.593. The van der Waals surface area contributed by atoms with Crippen molar-refractivity contribution in [1.29, 1.82) is 0 Å². The minimum atomic E-state index is 0.0575. The van der Waals surface area contributed by atoms with Crippen molar-refractivity contribution in [3.8, 4) is 11.5 Å². The van der Waals surface area contributed by atoms with E-state index in [4.69, 9.17) is 4.42 Å². The molecule has 2 fully saturated rings. The Bertz CT molecular complexity index is 1040. The summed E-state index contributed by atoms with van der Waals surface area (Å²) >= 11 is 0. The van der Waals surface area contributed by atoms with Crippen LogP contribution in [0.2, 0.25) is 0 Å². The van der Waals surface area contributed by atoms with Crippen molar-refractivity contribution in [3.05, 3.63) is 42.1 Å². The summed E-state index contributed by atoms with van der Waals surface area (Å²) in [4.78, 5) is 31.6. The van der Waals surface area contributed by atoms with Crippen molar-refractivity contribution in [2.45, 2.75) is 59.3 Å². The second-order valence-corrected chi connectivity index (χ2v) is 10.7. The van der Waals surface area contributed by atoms with Gasteiger partial charge in [-0.05, 0) is 74.8 Å². The summed E-state index contributed by atoms with van der Waals surface area (Å²) in [6.45, 7) is 7.16. The molecule has 5 rings (SSSR count). The van der Waals surface area contributed by atoms with Gasteiger partial charge >= 0.3 is 0 Å². The maximum atomic E-state index is 13.0. The van der Waals surface area contributed by atoms with Gasteiger partial charge < -0.3 is 4.42 Å². The molecule has 0 unspecified atom stereocenters. The number of amides is 2. The van der Waals surface area contributed by atoms with E-state index in [1.54, 1.807) is 17.3 Å². The largest absolute Gasteiger partial charge is 0.421 e. The highest BCUT2D eigenvalue weighted by Crippen LogP contribution is 2.41. The van der Waals surface area contributed by atoms with Crippen molar-refractivity contribution in [2.24, 2.45) is 35.5 Å². The fourth-order valence-corrected chi connectivity index (χ4v) is 5.24. The Morgan fingerprint density at radius 3 is 2.29 bits per heavy atom. The SMILES string of the molecule is CC1=C[C@@H](CN(C(=O)C2CC2)C(=O)C2CC2)[C@H](C(C)C)C[C@H]1Cc1nnc(-c2ccncc2)o1. The van der Waals surface area contributed by atoms with Gasteiger partial charge in [0.2, 0.25) is 23.6 Å². The predicted octanol–water partition coefficient (Wildman–Crippen LogP) is 4.70. The molecule has 3 atom stereocenters. The Hall–Kier alpha value is -2.83. The van der Waals surface area contributed by atoms with Crippen LogP contribution in [0.15, 0.2) is 40.6 Å². The molecule has 0 radical (unpaired) electrons. The topological polar surface area (TPSA) is 89.2 Å². The molecule has 0 N–H and O–H groups in total. The lowest BCUT2D eigenvalue weighted by Crippen LogP contribution is -2.44. The molecule has 0 bridgehead atoms. The van der Waals surface area contributed by atoms with Crippen molar-refractivity contribution in [3.63, 3.8) is 0 Å². The van der Waals surface area contributed by atoms with E-state index >= 15 is 0 Å². The Kier molecular flexibility index (Phi) is 6.36. The number of pyridine rings is 1. The van der Waals surface area contributed by atoms with Gasteiger partial charge in [-0.15, -0.1) is 10.2 Å². The highest BCUT2D eigenvalue weighted by molar-refractivity contribution is 5.99. The van der Waals surface area contributed by atoms with Crippen LogP contribution in [0.1, 0.15) is 58.8 Å². The normalized spacial score (nSPS) is 24.7. The van der Waals surface area contributed by atoms with E-state index in [0.717, 1.165) is 37.7 Å². The monoisotopic (exact) mass is 462 g/mol. The van der Waals surface area contributed by atoms with Crippen LogP contribution in [0.4, 0.5) is 0 Å². The smallest absolute Gasteiger partial charge is 0.247 e. The third-order valence-electron chi connectivity index (χ3n) is 7.68. The maximum absolute atomic E-state index is 13.0. The molecule has 3 aliphatic rings. The number of hydrogen-bond donors (Lipinski definition) is 0. The van der Waals surface area contributed by atoms with Crippen LogP contribution in [-0.2, 0) is 16.0 Å². The van der Waals surface area contributed by atoms with Crippen LogP contribution in [0.25, 0.3) is 11.5 Å². The highest BCUT2D eigenvalue weighted by Gasteiger charge is 2.43. The number of carbonyl (C=O) groups is 2. The van der Waals surface area contributed by atoms with Crippen molar-refractivity contribution in [2.75, 3.05) is 6.54 Å². The van der Waals surface area contributed by atoms with Crippen LogP contribution in [-0.4, -0.2) is 38.4 Å². The Balaban J connectivity index is 1.32. The van der Waals surface area contributed by atoms with Gasteiger partial charge in [-0.2, -0.15) is 0 Å². The van der Waals surface area contributed by atoms with Gasteiger partial charge in [0.15, 0.2) is 0 Å². The number of imide groups is 1.